The Morgan fingerprint density at radius 1 is 1.17 bits per heavy atom. The van der Waals surface area contributed by atoms with E-state index in [4.69, 9.17) is 39.5 Å². The maximum Gasteiger partial charge on any atom is 0.266 e. The van der Waals surface area contributed by atoms with Crippen molar-refractivity contribution in [3.63, 3.8) is 0 Å². The first-order valence-electron chi connectivity index (χ1n) is 13.0. The smallest absolute Gasteiger partial charge is 0.266 e. The van der Waals surface area contributed by atoms with Gasteiger partial charge in [0.15, 0.2) is 0 Å². The van der Waals surface area contributed by atoms with Crippen LogP contribution in [-0.4, -0.2) is 64.3 Å². The molecule has 2 aliphatic heterocycles. The number of benzene rings is 2. The maximum absolute atomic E-state index is 13.6. The van der Waals surface area contributed by atoms with Gasteiger partial charge in [0.05, 0.1) is 33.4 Å². The van der Waals surface area contributed by atoms with Crippen LogP contribution in [0.5, 0.6) is 5.75 Å². The molecular formula is C27H29Cl3N6O4S. The van der Waals surface area contributed by atoms with Crippen molar-refractivity contribution in [2.24, 2.45) is 0 Å². The van der Waals surface area contributed by atoms with Crippen molar-refractivity contribution in [3.8, 4) is 5.75 Å². The molecule has 0 saturated carbocycles. The summed E-state index contributed by atoms with van der Waals surface area (Å²) in [6.07, 6.45) is 4.93. The molecule has 0 bridgehead atoms. The predicted octanol–water partition coefficient (Wildman–Crippen LogP) is 4.65. The van der Waals surface area contributed by atoms with Gasteiger partial charge in [0.2, 0.25) is 5.91 Å². The molecule has 0 fully saturated rings. The van der Waals surface area contributed by atoms with Gasteiger partial charge in [0.25, 0.3) is 10.0 Å². The average Bonchev–Trinajstić information content (AvgIpc) is 3.40. The Morgan fingerprint density at radius 2 is 1.95 bits per heavy atom. The van der Waals surface area contributed by atoms with Crippen molar-refractivity contribution in [1.82, 2.24) is 29.5 Å². The lowest BCUT2D eigenvalue weighted by molar-refractivity contribution is -0.124. The van der Waals surface area contributed by atoms with Crippen LogP contribution in [0.2, 0.25) is 15.1 Å². The van der Waals surface area contributed by atoms with Gasteiger partial charge < -0.3 is 10.1 Å². The number of nitrogens with one attached hydrogen (secondary N) is 1. The second kappa shape index (κ2) is 11.8. The van der Waals surface area contributed by atoms with Crippen LogP contribution < -0.4 is 10.1 Å². The standard InChI is InChI=1S/C27H29Cl3N6O4S/c1-16(2)34(3)14-17-4-5-19-21(8-11-40-23(19)12-17)35-15-18(32-33-35)13-22-27(37)31-9-10-36(22)41(38,39)24-7-6-20(28)25(29)26(24)30/h4-7,9-10,12,15-16,21-22H,8,11,13-14H2,1-3H3,(H,31,37). The van der Waals surface area contributed by atoms with E-state index in [1.165, 1.54) is 24.5 Å². The quantitative estimate of drug-likeness (QED) is 0.357. The summed E-state index contributed by atoms with van der Waals surface area (Å²) in [5, 5.41) is 11.0. The monoisotopic (exact) mass is 638 g/mol. The van der Waals surface area contributed by atoms with Gasteiger partial charge in [-0.15, -0.1) is 5.10 Å². The maximum atomic E-state index is 13.6. The number of halogens is 3. The fourth-order valence-electron chi connectivity index (χ4n) is 4.78. The van der Waals surface area contributed by atoms with Crippen molar-refractivity contribution >= 4 is 50.7 Å². The molecule has 5 rings (SSSR count). The zero-order chi connectivity index (χ0) is 29.5. The molecule has 0 saturated heterocycles. The van der Waals surface area contributed by atoms with Crippen LogP contribution in [-0.2, 0) is 27.8 Å². The summed E-state index contributed by atoms with van der Waals surface area (Å²) in [6.45, 7) is 5.62. The Labute approximate surface area is 253 Å². The van der Waals surface area contributed by atoms with E-state index >= 15 is 0 Å². The van der Waals surface area contributed by atoms with Gasteiger partial charge in [-0.2, -0.15) is 0 Å². The number of ether oxygens (including phenoxy) is 1. The molecule has 0 radical (unpaired) electrons. The number of fused-ring (bicyclic) bond motifs is 1. The lowest BCUT2D eigenvalue weighted by Gasteiger charge is -2.31. The number of aromatic nitrogens is 3. The topological polar surface area (TPSA) is 110 Å². The van der Waals surface area contributed by atoms with Gasteiger partial charge in [-0.05, 0) is 44.7 Å². The Hall–Kier alpha value is -2.83. The molecule has 2 aromatic carbocycles. The number of carbonyl (C=O) groups excluding carboxylic acids is 1. The fourth-order valence-corrected chi connectivity index (χ4v) is 7.18. The zero-order valence-electron chi connectivity index (χ0n) is 22.6. The van der Waals surface area contributed by atoms with Crippen LogP contribution in [0.1, 0.15) is 43.1 Å². The summed E-state index contributed by atoms with van der Waals surface area (Å²) in [5.41, 5.74) is 2.59. The van der Waals surface area contributed by atoms with Crippen LogP contribution in [0.4, 0.5) is 0 Å². The summed E-state index contributed by atoms with van der Waals surface area (Å²) >= 11 is 18.3. The van der Waals surface area contributed by atoms with Crippen molar-refractivity contribution in [2.45, 2.75) is 56.3 Å². The molecule has 1 N–H and O–H groups in total. The van der Waals surface area contributed by atoms with Crippen molar-refractivity contribution in [1.29, 1.82) is 0 Å². The van der Waals surface area contributed by atoms with Gasteiger partial charge >= 0.3 is 0 Å². The molecule has 3 aromatic rings. The van der Waals surface area contributed by atoms with Crippen LogP contribution in [0.15, 0.2) is 53.8 Å². The van der Waals surface area contributed by atoms with Crippen LogP contribution in [0.3, 0.4) is 0 Å². The number of carbonyl (C=O) groups is 1. The van der Waals surface area contributed by atoms with Gasteiger partial charge in [0, 0.05) is 49.6 Å². The number of hydrogen-bond donors (Lipinski definition) is 1. The van der Waals surface area contributed by atoms with Crippen LogP contribution in [0, 0.1) is 0 Å². The lowest BCUT2D eigenvalue weighted by Crippen LogP contribution is -2.50. The number of rotatable bonds is 8. The van der Waals surface area contributed by atoms with Gasteiger partial charge in [-0.25, -0.2) is 13.1 Å². The van der Waals surface area contributed by atoms with Crippen molar-refractivity contribution < 1.29 is 17.9 Å². The second-order valence-electron chi connectivity index (χ2n) is 10.3. The molecule has 2 unspecified atom stereocenters. The van der Waals surface area contributed by atoms with E-state index in [9.17, 15) is 13.2 Å². The molecule has 10 nitrogen and oxygen atoms in total. The summed E-state index contributed by atoms with van der Waals surface area (Å²) in [4.78, 5) is 14.9. The third-order valence-corrected chi connectivity index (χ3v) is 10.5. The Balaban J connectivity index is 1.39. The normalized spacial score (nSPS) is 18.9. The number of amides is 1. The molecule has 41 heavy (non-hydrogen) atoms. The molecule has 14 heteroatoms. The first-order valence-corrected chi connectivity index (χ1v) is 15.6. The van der Waals surface area contributed by atoms with E-state index in [0.717, 1.165) is 27.7 Å². The van der Waals surface area contributed by atoms with Gasteiger partial charge in [0.1, 0.15) is 16.7 Å². The van der Waals surface area contributed by atoms with Gasteiger partial charge in [-0.1, -0.05) is 52.1 Å². The summed E-state index contributed by atoms with van der Waals surface area (Å²) < 4.78 is 35.8. The van der Waals surface area contributed by atoms with Crippen LogP contribution >= 0.6 is 34.8 Å². The highest BCUT2D eigenvalue weighted by atomic mass is 35.5. The highest BCUT2D eigenvalue weighted by Crippen LogP contribution is 2.38. The minimum atomic E-state index is -4.27. The third kappa shape index (κ3) is 5.91. The second-order valence-corrected chi connectivity index (χ2v) is 13.3. The number of hydrogen-bond acceptors (Lipinski definition) is 7. The van der Waals surface area contributed by atoms with Gasteiger partial charge in [-0.3, -0.25) is 14.0 Å². The minimum Gasteiger partial charge on any atom is -0.493 e. The first kappa shape index (κ1) is 29.7. The molecule has 3 heterocycles. The summed E-state index contributed by atoms with van der Waals surface area (Å²) in [7, 11) is -2.19. The molecule has 2 atom stereocenters. The highest BCUT2D eigenvalue weighted by Gasteiger charge is 2.38. The Kier molecular flexibility index (Phi) is 8.54. The largest absolute Gasteiger partial charge is 0.493 e. The van der Waals surface area contributed by atoms with Crippen LogP contribution in [0.25, 0.3) is 0 Å². The SMILES string of the molecule is CC(C)N(C)Cc1ccc2c(c1)OCCC2n1cc(CC2C(=O)NC=CN2S(=O)(=O)c2ccc(Cl)c(Cl)c2Cl)nn1. The van der Waals surface area contributed by atoms with Crippen molar-refractivity contribution in [2.75, 3.05) is 13.7 Å². The zero-order valence-corrected chi connectivity index (χ0v) is 25.7. The van der Waals surface area contributed by atoms with E-state index in [0.29, 0.717) is 24.8 Å². The fraction of sp³-hybridized carbons (Fsp3) is 0.370. The summed E-state index contributed by atoms with van der Waals surface area (Å²) in [5.74, 6) is 0.289. The molecule has 0 spiro atoms. The first-order chi connectivity index (χ1) is 19.5. The highest BCUT2D eigenvalue weighted by molar-refractivity contribution is 7.89. The average molecular weight is 640 g/mol. The number of nitrogens with zero attached hydrogens (tertiary/aromatic N) is 5. The molecule has 1 aromatic heterocycles. The molecule has 1 amide bonds. The molecule has 0 aliphatic carbocycles. The predicted molar refractivity (Wildman–Crippen MR) is 157 cm³/mol. The van der Waals surface area contributed by atoms with E-state index < -0.39 is 22.0 Å². The van der Waals surface area contributed by atoms with E-state index in [1.54, 1.807) is 10.9 Å². The molecule has 2 aliphatic rings. The Morgan fingerprint density at radius 3 is 2.71 bits per heavy atom. The van der Waals surface area contributed by atoms with Crippen molar-refractivity contribution in [3.05, 3.63) is 80.8 Å². The lowest BCUT2D eigenvalue weighted by atomic mass is 9.98. The van der Waals surface area contributed by atoms with E-state index in [2.05, 4.69) is 59.6 Å². The number of sulfonamides is 1. The molecular weight excluding hydrogens is 611 g/mol. The minimum absolute atomic E-state index is 0.0229. The summed E-state index contributed by atoms with van der Waals surface area (Å²) in [6, 6.07) is 7.97. The Bertz CT molecular complexity index is 1610. The van der Waals surface area contributed by atoms with E-state index in [1.807, 2.05) is 0 Å². The third-order valence-electron chi connectivity index (χ3n) is 7.29. The molecule has 218 valence electrons. The van der Waals surface area contributed by atoms with E-state index in [-0.39, 0.29) is 32.4 Å².